The summed E-state index contributed by atoms with van der Waals surface area (Å²) in [5, 5.41) is 9.53. The molecule has 8 heteroatoms. The Morgan fingerprint density at radius 2 is 1.69 bits per heavy atom. The topological polar surface area (TPSA) is 82.9 Å². The van der Waals surface area contributed by atoms with E-state index < -0.39 is 11.7 Å². The molecule has 0 atom stereocenters. The Bertz CT molecular complexity index is 1330. The summed E-state index contributed by atoms with van der Waals surface area (Å²) < 4.78 is 10.4. The molecule has 176 valence electrons. The molecular formula is C27H23N3O4S. The molecule has 1 heterocycles. The van der Waals surface area contributed by atoms with Crippen molar-refractivity contribution in [3.63, 3.8) is 0 Å². The minimum atomic E-state index is -0.949. The van der Waals surface area contributed by atoms with Crippen molar-refractivity contribution in [3.05, 3.63) is 89.5 Å². The van der Waals surface area contributed by atoms with Crippen molar-refractivity contribution < 1.29 is 19.1 Å². The Hall–Kier alpha value is -4.22. The number of aryl methyl sites for hydroxylation is 1. The lowest BCUT2D eigenvalue weighted by Crippen LogP contribution is -2.44. The highest BCUT2D eigenvalue weighted by Gasteiger charge is 2.50. The van der Waals surface area contributed by atoms with E-state index in [0.29, 0.717) is 27.8 Å². The first kappa shape index (κ1) is 23.9. The van der Waals surface area contributed by atoms with Crippen LogP contribution >= 0.6 is 12.2 Å². The summed E-state index contributed by atoms with van der Waals surface area (Å²) in [5.41, 5.74) is 2.49. The average Bonchev–Trinajstić information content (AvgIpc) is 3.02. The first-order valence-corrected chi connectivity index (χ1v) is 11.3. The number of anilines is 2. The number of nitriles is 1. The molecule has 0 aliphatic carbocycles. The van der Waals surface area contributed by atoms with Gasteiger partial charge in [0.05, 0.1) is 17.3 Å². The van der Waals surface area contributed by atoms with Crippen LogP contribution in [0.4, 0.5) is 16.2 Å². The standard InChI is InChI=1S/C27H23N3O4S/c1-18-15-22(10-9-20(18)16-28)29-24(31)27(2,3)30(25(29)35)21-11-13-23(14-12-21)34-26(32)33-17-19-7-5-4-6-8-19/h4-15H,17H2,1-3H3. The monoisotopic (exact) mass is 485 g/mol. The highest BCUT2D eigenvalue weighted by Crippen LogP contribution is 2.37. The van der Waals surface area contributed by atoms with Gasteiger partial charge in [-0.25, -0.2) is 4.79 Å². The van der Waals surface area contributed by atoms with Gasteiger partial charge in [0.2, 0.25) is 0 Å². The van der Waals surface area contributed by atoms with Crippen LogP contribution in [-0.4, -0.2) is 22.7 Å². The molecule has 3 aromatic rings. The van der Waals surface area contributed by atoms with Gasteiger partial charge in [-0.15, -0.1) is 0 Å². The fourth-order valence-electron chi connectivity index (χ4n) is 3.87. The van der Waals surface area contributed by atoms with Crippen LogP contribution in [0.1, 0.15) is 30.5 Å². The summed E-state index contributed by atoms with van der Waals surface area (Å²) in [6, 6.07) is 23.3. The predicted octanol–water partition coefficient (Wildman–Crippen LogP) is 5.50. The molecule has 0 bridgehead atoms. The van der Waals surface area contributed by atoms with Crippen LogP contribution in [0.15, 0.2) is 72.8 Å². The summed E-state index contributed by atoms with van der Waals surface area (Å²) in [6.45, 7) is 5.52. The molecule has 3 aromatic carbocycles. The highest BCUT2D eigenvalue weighted by atomic mass is 32.1. The number of hydrogen-bond donors (Lipinski definition) is 0. The number of hydrogen-bond acceptors (Lipinski definition) is 6. The van der Waals surface area contributed by atoms with Crippen molar-refractivity contribution >= 4 is 40.8 Å². The zero-order chi connectivity index (χ0) is 25.2. The number of rotatable bonds is 5. The lowest BCUT2D eigenvalue weighted by molar-refractivity contribution is -0.120. The lowest BCUT2D eigenvalue weighted by atomic mass is 10.0. The first-order chi connectivity index (χ1) is 16.7. The third-order valence-electron chi connectivity index (χ3n) is 5.75. The zero-order valence-corrected chi connectivity index (χ0v) is 20.3. The van der Waals surface area contributed by atoms with E-state index >= 15 is 0 Å². The zero-order valence-electron chi connectivity index (χ0n) is 19.5. The minimum Gasteiger partial charge on any atom is -0.429 e. The summed E-state index contributed by atoms with van der Waals surface area (Å²) >= 11 is 5.70. The largest absolute Gasteiger partial charge is 0.514 e. The van der Waals surface area contributed by atoms with E-state index in [1.54, 1.807) is 61.2 Å². The Kier molecular flexibility index (Phi) is 6.54. The molecule has 0 aromatic heterocycles. The molecule has 1 aliphatic heterocycles. The second kappa shape index (κ2) is 9.57. The summed E-state index contributed by atoms with van der Waals surface area (Å²) in [5.74, 6) is 0.122. The van der Waals surface area contributed by atoms with E-state index in [9.17, 15) is 14.9 Å². The van der Waals surface area contributed by atoms with E-state index in [1.807, 2.05) is 37.3 Å². The van der Waals surface area contributed by atoms with Crippen LogP contribution in [0.25, 0.3) is 0 Å². The third kappa shape index (κ3) is 4.72. The Morgan fingerprint density at radius 3 is 2.31 bits per heavy atom. The number of amides is 1. The molecule has 1 amide bonds. The van der Waals surface area contributed by atoms with Crippen LogP contribution in [0.5, 0.6) is 5.75 Å². The van der Waals surface area contributed by atoms with Gasteiger partial charge in [0.1, 0.15) is 17.9 Å². The molecule has 7 nitrogen and oxygen atoms in total. The number of ether oxygens (including phenoxy) is 2. The van der Waals surface area contributed by atoms with E-state index in [0.717, 1.165) is 11.1 Å². The maximum Gasteiger partial charge on any atom is 0.514 e. The Balaban J connectivity index is 1.49. The van der Waals surface area contributed by atoms with E-state index in [-0.39, 0.29) is 12.5 Å². The van der Waals surface area contributed by atoms with E-state index in [1.165, 1.54) is 4.90 Å². The summed E-state index contributed by atoms with van der Waals surface area (Å²) in [7, 11) is 0. The van der Waals surface area contributed by atoms with E-state index in [2.05, 4.69) is 6.07 Å². The predicted molar refractivity (Wildman–Crippen MR) is 136 cm³/mol. The second-order valence-corrected chi connectivity index (χ2v) is 8.91. The SMILES string of the molecule is Cc1cc(N2C(=O)C(C)(C)N(c3ccc(OC(=O)OCc4ccccc4)cc3)C2=S)ccc1C#N. The van der Waals surface area contributed by atoms with Crippen molar-refractivity contribution in [2.24, 2.45) is 0 Å². The fraction of sp³-hybridized carbons (Fsp3) is 0.185. The van der Waals surface area contributed by atoms with Gasteiger partial charge in [-0.1, -0.05) is 30.3 Å². The lowest BCUT2D eigenvalue weighted by Gasteiger charge is -2.29. The molecular weight excluding hydrogens is 462 g/mol. The third-order valence-corrected chi connectivity index (χ3v) is 6.12. The van der Waals surface area contributed by atoms with Crippen LogP contribution < -0.4 is 14.5 Å². The van der Waals surface area contributed by atoms with Gasteiger partial charge in [0.25, 0.3) is 5.91 Å². The van der Waals surface area contributed by atoms with Crippen LogP contribution in [-0.2, 0) is 16.1 Å². The summed E-state index contributed by atoms with van der Waals surface area (Å²) in [6.07, 6.45) is -0.809. The van der Waals surface area contributed by atoms with Gasteiger partial charge >= 0.3 is 6.16 Å². The van der Waals surface area contributed by atoms with E-state index in [4.69, 9.17) is 21.7 Å². The van der Waals surface area contributed by atoms with Crippen molar-refractivity contribution in [2.45, 2.75) is 32.9 Å². The summed E-state index contributed by atoms with van der Waals surface area (Å²) in [4.78, 5) is 28.6. The normalized spacial score (nSPS) is 14.6. The molecule has 0 unspecified atom stereocenters. The minimum absolute atomic E-state index is 0.112. The number of carbonyl (C=O) groups excluding carboxylic acids is 2. The fourth-order valence-corrected chi connectivity index (χ4v) is 4.40. The number of thiocarbonyl (C=S) groups is 1. The van der Waals surface area contributed by atoms with Crippen LogP contribution in [0.3, 0.4) is 0 Å². The molecule has 1 fully saturated rings. The van der Waals surface area contributed by atoms with Gasteiger partial charge in [-0.05, 0) is 86.6 Å². The maximum absolute atomic E-state index is 13.3. The molecule has 4 rings (SSSR count). The smallest absolute Gasteiger partial charge is 0.429 e. The van der Waals surface area contributed by atoms with Gasteiger partial charge in [-0.3, -0.25) is 9.69 Å². The van der Waals surface area contributed by atoms with Gasteiger partial charge < -0.3 is 14.4 Å². The van der Waals surface area contributed by atoms with Crippen molar-refractivity contribution in [1.29, 1.82) is 5.26 Å². The molecule has 0 saturated carbocycles. The van der Waals surface area contributed by atoms with Crippen molar-refractivity contribution in [2.75, 3.05) is 9.80 Å². The van der Waals surface area contributed by atoms with Crippen molar-refractivity contribution in [3.8, 4) is 11.8 Å². The Morgan fingerprint density at radius 1 is 1.03 bits per heavy atom. The van der Waals surface area contributed by atoms with Gasteiger partial charge in [0.15, 0.2) is 5.11 Å². The molecule has 0 radical (unpaired) electrons. The Labute approximate surface area is 209 Å². The average molecular weight is 486 g/mol. The molecule has 35 heavy (non-hydrogen) atoms. The molecule has 1 saturated heterocycles. The maximum atomic E-state index is 13.3. The second-order valence-electron chi connectivity index (χ2n) is 8.55. The molecule has 0 spiro atoms. The van der Waals surface area contributed by atoms with Gasteiger partial charge in [-0.2, -0.15) is 5.26 Å². The van der Waals surface area contributed by atoms with Crippen LogP contribution in [0.2, 0.25) is 0 Å². The molecule has 1 aliphatic rings. The number of benzene rings is 3. The first-order valence-electron chi connectivity index (χ1n) is 10.9. The quantitative estimate of drug-likeness (QED) is 0.268. The van der Waals surface area contributed by atoms with Gasteiger partial charge in [0, 0.05) is 5.69 Å². The van der Waals surface area contributed by atoms with Crippen LogP contribution in [0, 0.1) is 18.3 Å². The molecule has 0 N–H and O–H groups in total. The number of nitrogens with zero attached hydrogens (tertiary/aromatic N) is 3. The van der Waals surface area contributed by atoms with Crippen molar-refractivity contribution in [1.82, 2.24) is 0 Å². The number of carbonyl (C=O) groups is 2. The highest BCUT2D eigenvalue weighted by molar-refractivity contribution is 7.81.